The SMILES string of the molecule is CCOc1ccc(C(=O)N(CCCN2CCCC2=O)CCC(=O)N2CCNCC2)cc1. The Labute approximate surface area is 184 Å². The fourth-order valence-corrected chi connectivity index (χ4v) is 4.05. The Morgan fingerprint density at radius 3 is 2.48 bits per heavy atom. The lowest BCUT2D eigenvalue weighted by Gasteiger charge is -2.29. The normalized spacial score (nSPS) is 16.5. The number of benzene rings is 1. The number of hydrogen-bond donors (Lipinski definition) is 1. The van der Waals surface area contributed by atoms with Gasteiger partial charge in [-0.15, -0.1) is 0 Å². The molecule has 170 valence electrons. The molecule has 3 rings (SSSR count). The highest BCUT2D eigenvalue weighted by Gasteiger charge is 2.23. The van der Waals surface area contributed by atoms with Crippen molar-refractivity contribution in [3.63, 3.8) is 0 Å². The predicted octanol–water partition coefficient (Wildman–Crippen LogP) is 1.36. The van der Waals surface area contributed by atoms with Gasteiger partial charge in [0, 0.05) is 70.8 Å². The predicted molar refractivity (Wildman–Crippen MR) is 118 cm³/mol. The monoisotopic (exact) mass is 430 g/mol. The first-order valence-corrected chi connectivity index (χ1v) is 11.4. The smallest absolute Gasteiger partial charge is 0.253 e. The van der Waals surface area contributed by atoms with Gasteiger partial charge in [0.05, 0.1) is 6.61 Å². The van der Waals surface area contributed by atoms with Crippen molar-refractivity contribution in [1.82, 2.24) is 20.0 Å². The first-order chi connectivity index (χ1) is 15.1. The maximum absolute atomic E-state index is 13.2. The van der Waals surface area contributed by atoms with E-state index in [1.54, 1.807) is 29.2 Å². The minimum Gasteiger partial charge on any atom is -0.494 e. The third kappa shape index (κ3) is 6.69. The van der Waals surface area contributed by atoms with Crippen molar-refractivity contribution in [2.75, 3.05) is 59.0 Å². The summed E-state index contributed by atoms with van der Waals surface area (Å²) in [7, 11) is 0. The van der Waals surface area contributed by atoms with Gasteiger partial charge in [-0.1, -0.05) is 0 Å². The lowest BCUT2D eigenvalue weighted by atomic mass is 10.1. The average Bonchev–Trinajstić information content (AvgIpc) is 3.21. The highest BCUT2D eigenvalue weighted by Crippen LogP contribution is 2.15. The van der Waals surface area contributed by atoms with E-state index >= 15 is 0 Å². The Bertz CT molecular complexity index is 746. The summed E-state index contributed by atoms with van der Waals surface area (Å²) in [5.41, 5.74) is 0.579. The lowest BCUT2D eigenvalue weighted by molar-refractivity contribution is -0.132. The van der Waals surface area contributed by atoms with Gasteiger partial charge in [0.25, 0.3) is 5.91 Å². The molecule has 0 unspecified atom stereocenters. The van der Waals surface area contributed by atoms with E-state index in [0.29, 0.717) is 64.2 Å². The molecule has 31 heavy (non-hydrogen) atoms. The van der Waals surface area contributed by atoms with Crippen LogP contribution in [0.2, 0.25) is 0 Å². The largest absolute Gasteiger partial charge is 0.494 e. The van der Waals surface area contributed by atoms with Crippen LogP contribution in [0.4, 0.5) is 0 Å². The van der Waals surface area contributed by atoms with E-state index in [1.807, 2.05) is 16.7 Å². The number of piperazine rings is 1. The highest BCUT2D eigenvalue weighted by molar-refractivity contribution is 5.94. The van der Waals surface area contributed by atoms with Gasteiger partial charge in [0.15, 0.2) is 0 Å². The van der Waals surface area contributed by atoms with E-state index < -0.39 is 0 Å². The van der Waals surface area contributed by atoms with Crippen LogP contribution < -0.4 is 10.1 Å². The standard InChI is InChI=1S/C23H34N4O4/c1-2-31-20-8-6-19(7-9-20)23(30)27(15-4-14-25-13-3-5-21(25)28)16-10-22(29)26-17-11-24-12-18-26/h6-9,24H,2-5,10-18H2,1H3. The maximum atomic E-state index is 13.2. The van der Waals surface area contributed by atoms with Crippen LogP contribution in [0.5, 0.6) is 5.75 Å². The van der Waals surface area contributed by atoms with Gasteiger partial charge in [-0.25, -0.2) is 0 Å². The van der Waals surface area contributed by atoms with Crippen molar-refractivity contribution >= 4 is 17.7 Å². The van der Waals surface area contributed by atoms with Crippen molar-refractivity contribution < 1.29 is 19.1 Å². The Morgan fingerprint density at radius 1 is 1.10 bits per heavy atom. The van der Waals surface area contributed by atoms with Crippen molar-refractivity contribution in [1.29, 1.82) is 0 Å². The van der Waals surface area contributed by atoms with Crippen molar-refractivity contribution in [2.24, 2.45) is 0 Å². The van der Waals surface area contributed by atoms with Crippen LogP contribution in [0, 0.1) is 0 Å². The minimum absolute atomic E-state index is 0.0840. The van der Waals surface area contributed by atoms with E-state index in [1.165, 1.54) is 0 Å². The first-order valence-electron chi connectivity index (χ1n) is 11.4. The van der Waals surface area contributed by atoms with Gasteiger partial charge in [-0.05, 0) is 44.0 Å². The van der Waals surface area contributed by atoms with Crippen LogP contribution in [0.15, 0.2) is 24.3 Å². The third-order valence-electron chi connectivity index (χ3n) is 5.79. The Morgan fingerprint density at radius 2 is 1.84 bits per heavy atom. The fraction of sp³-hybridized carbons (Fsp3) is 0.609. The molecule has 8 nitrogen and oxygen atoms in total. The zero-order valence-corrected chi connectivity index (χ0v) is 18.5. The summed E-state index contributed by atoms with van der Waals surface area (Å²) >= 11 is 0. The molecular formula is C23H34N4O4. The van der Waals surface area contributed by atoms with Crippen LogP contribution in [0.25, 0.3) is 0 Å². The second-order valence-electron chi connectivity index (χ2n) is 7.97. The molecule has 8 heteroatoms. The summed E-state index contributed by atoms with van der Waals surface area (Å²) in [6, 6.07) is 7.12. The third-order valence-corrected chi connectivity index (χ3v) is 5.79. The summed E-state index contributed by atoms with van der Waals surface area (Å²) in [4.78, 5) is 43.1. The molecular weight excluding hydrogens is 396 g/mol. The van der Waals surface area contributed by atoms with Gasteiger partial charge in [-0.3, -0.25) is 14.4 Å². The van der Waals surface area contributed by atoms with Crippen LogP contribution in [0.1, 0.15) is 43.0 Å². The topological polar surface area (TPSA) is 82.2 Å². The summed E-state index contributed by atoms with van der Waals surface area (Å²) < 4.78 is 5.46. The van der Waals surface area contributed by atoms with Crippen molar-refractivity contribution in [3.8, 4) is 5.75 Å². The molecule has 0 atom stereocenters. The molecule has 0 bridgehead atoms. The molecule has 2 fully saturated rings. The number of hydrogen-bond acceptors (Lipinski definition) is 5. The van der Waals surface area contributed by atoms with Crippen LogP contribution in [0.3, 0.4) is 0 Å². The number of likely N-dealkylation sites (tertiary alicyclic amines) is 1. The second kappa shape index (κ2) is 11.7. The number of nitrogens with one attached hydrogen (secondary N) is 1. The number of carbonyl (C=O) groups excluding carboxylic acids is 3. The van der Waals surface area contributed by atoms with Crippen molar-refractivity contribution in [2.45, 2.75) is 32.6 Å². The van der Waals surface area contributed by atoms with Gasteiger partial charge in [-0.2, -0.15) is 0 Å². The molecule has 1 aromatic rings. The van der Waals surface area contributed by atoms with Gasteiger partial charge >= 0.3 is 0 Å². The summed E-state index contributed by atoms with van der Waals surface area (Å²) in [5.74, 6) is 0.912. The Kier molecular flexibility index (Phi) is 8.70. The van der Waals surface area contributed by atoms with E-state index in [9.17, 15) is 14.4 Å². The number of rotatable bonds is 10. The van der Waals surface area contributed by atoms with E-state index in [-0.39, 0.29) is 17.7 Å². The molecule has 2 aliphatic heterocycles. The van der Waals surface area contributed by atoms with Crippen molar-refractivity contribution in [3.05, 3.63) is 29.8 Å². The number of amides is 3. The molecule has 0 radical (unpaired) electrons. The second-order valence-corrected chi connectivity index (χ2v) is 7.97. The zero-order chi connectivity index (χ0) is 22.1. The average molecular weight is 431 g/mol. The van der Waals surface area contributed by atoms with Crippen LogP contribution >= 0.6 is 0 Å². The molecule has 1 aromatic carbocycles. The quantitative estimate of drug-likeness (QED) is 0.606. The van der Waals surface area contributed by atoms with Gasteiger partial charge in [0.1, 0.15) is 5.75 Å². The zero-order valence-electron chi connectivity index (χ0n) is 18.5. The highest BCUT2D eigenvalue weighted by atomic mass is 16.5. The molecule has 1 N–H and O–H groups in total. The summed E-state index contributed by atoms with van der Waals surface area (Å²) in [5, 5.41) is 3.25. The molecule has 2 aliphatic rings. The number of carbonyl (C=O) groups is 3. The van der Waals surface area contributed by atoms with E-state index in [2.05, 4.69) is 5.32 Å². The molecule has 2 heterocycles. The first kappa shape index (κ1) is 23.1. The van der Waals surface area contributed by atoms with E-state index in [4.69, 9.17) is 4.74 Å². The van der Waals surface area contributed by atoms with Gasteiger partial charge < -0.3 is 24.8 Å². The molecule has 0 aromatic heterocycles. The molecule has 2 saturated heterocycles. The number of nitrogens with zero attached hydrogens (tertiary/aromatic N) is 3. The minimum atomic E-state index is -0.0936. The Hall–Kier alpha value is -2.61. The van der Waals surface area contributed by atoms with Crippen LogP contribution in [-0.2, 0) is 9.59 Å². The molecule has 0 saturated carbocycles. The molecule has 3 amide bonds. The van der Waals surface area contributed by atoms with E-state index in [0.717, 1.165) is 31.8 Å². The Balaban J connectivity index is 1.59. The lowest BCUT2D eigenvalue weighted by Crippen LogP contribution is -2.47. The summed E-state index contributed by atoms with van der Waals surface area (Å²) in [6.45, 7) is 7.88. The fourth-order valence-electron chi connectivity index (χ4n) is 4.05. The molecule has 0 aliphatic carbocycles. The summed E-state index contributed by atoms with van der Waals surface area (Å²) in [6.07, 6.45) is 2.54. The van der Waals surface area contributed by atoms with Crippen LogP contribution in [-0.4, -0.2) is 91.4 Å². The van der Waals surface area contributed by atoms with Gasteiger partial charge in [0.2, 0.25) is 11.8 Å². The number of ether oxygens (including phenoxy) is 1. The maximum Gasteiger partial charge on any atom is 0.253 e. The molecule has 0 spiro atoms.